The molecule has 0 aromatic carbocycles. The highest BCUT2D eigenvalue weighted by atomic mass is 16.1. The lowest BCUT2D eigenvalue weighted by Crippen LogP contribution is -2.24. The highest BCUT2D eigenvalue weighted by Crippen LogP contribution is 1.94. The number of nitrogens with one attached hydrogen (secondary N) is 1. The number of aryl methyl sites for hydroxylation is 1. The summed E-state index contributed by atoms with van der Waals surface area (Å²) in [4.78, 5) is 10.6. The van der Waals surface area contributed by atoms with Crippen LogP contribution in [-0.4, -0.2) is 27.2 Å². The predicted octanol–water partition coefficient (Wildman–Crippen LogP) is -0.0234. The van der Waals surface area contributed by atoms with Crippen molar-refractivity contribution >= 4 is 5.91 Å². The molecule has 1 N–H and O–H groups in total. The van der Waals surface area contributed by atoms with Gasteiger partial charge in [0, 0.05) is 26.4 Å². The molecule has 0 fully saturated rings. The van der Waals surface area contributed by atoms with Gasteiger partial charge in [-0.05, 0) is 0 Å². The van der Waals surface area contributed by atoms with Crippen molar-refractivity contribution in [1.82, 2.24) is 20.1 Å². The van der Waals surface area contributed by atoms with Crippen LogP contribution in [0.1, 0.15) is 19.7 Å². The van der Waals surface area contributed by atoms with Gasteiger partial charge in [0.1, 0.15) is 12.2 Å². The van der Waals surface area contributed by atoms with E-state index in [9.17, 15) is 4.79 Å². The van der Waals surface area contributed by atoms with Crippen molar-refractivity contribution in [1.29, 1.82) is 0 Å². The first-order chi connectivity index (χ1) is 6.24. The van der Waals surface area contributed by atoms with Gasteiger partial charge in [0.2, 0.25) is 5.91 Å². The summed E-state index contributed by atoms with van der Waals surface area (Å²) in [6.07, 6.45) is 2.54. The molecule has 0 spiro atoms. The molecule has 0 aliphatic heterocycles. The van der Waals surface area contributed by atoms with Crippen LogP contribution in [0, 0.1) is 0 Å². The van der Waals surface area contributed by atoms with Gasteiger partial charge in [-0.15, -0.1) is 10.2 Å². The van der Waals surface area contributed by atoms with Gasteiger partial charge >= 0.3 is 0 Å². The number of amides is 1. The lowest BCUT2D eigenvalue weighted by Gasteiger charge is -2.04. The van der Waals surface area contributed by atoms with Crippen molar-refractivity contribution in [2.24, 2.45) is 0 Å². The summed E-state index contributed by atoms with van der Waals surface area (Å²) in [5, 5.41) is 10.4. The molecule has 0 atom stereocenters. The second-order valence-corrected chi connectivity index (χ2v) is 2.78. The molecule has 1 rings (SSSR count). The van der Waals surface area contributed by atoms with E-state index in [0.717, 1.165) is 18.8 Å². The molecule has 1 aromatic heterocycles. The van der Waals surface area contributed by atoms with E-state index < -0.39 is 0 Å². The minimum atomic E-state index is -0.00822. The Balaban J connectivity index is 2.40. The number of carbonyl (C=O) groups excluding carboxylic acids is 1. The summed E-state index contributed by atoms with van der Waals surface area (Å²) in [6.45, 7) is 4.89. The molecular weight excluding hydrogens is 168 g/mol. The number of nitrogens with zero attached hydrogens (tertiary/aromatic N) is 3. The van der Waals surface area contributed by atoms with Crippen molar-refractivity contribution in [2.75, 3.05) is 6.54 Å². The van der Waals surface area contributed by atoms with Crippen LogP contribution in [-0.2, 0) is 17.8 Å². The number of rotatable bonds is 4. The van der Waals surface area contributed by atoms with E-state index in [4.69, 9.17) is 0 Å². The van der Waals surface area contributed by atoms with E-state index in [-0.39, 0.29) is 5.91 Å². The molecule has 5 heteroatoms. The van der Waals surface area contributed by atoms with Crippen LogP contribution in [0.2, 0.25) is 0 Å². The van der Waals surface area contributed by atoms with E-state index >= 15 is 0 Å². The number of hydrogen-bond acceptors (Lipinski definition) is 3. The maximum absolute atomic E-state index is 10.6. The first-order valence-corrected chi connectivity index (χ1v) is 4.35. The van der Waals surface area contributed by atoms with Crippen LogP contribution in [0.25, 0.3) is 0 Å². The van der Waals surface area contributed by atoms with Gasteiger partial charge in [-0.3, -0.25) is 4.79 Å². The van der Waals surface area contributed by atoms with E-state index in [2.05, 4.69) is 15.5 Å². The van der Waals surface area contributed by atoms with E-state index in [0.29, 0.717) is 6.54 Å². The van der Waals surface area contributed by atoms with Crippen molar-refractivity contribution in [2.45, 2.75) is 26.8 Å². The van der Waals surface area contributed by atoms with E-state index in [1.54, 1.807) is 6.33 Å². The minimum Gasteiger partial charge on any atom is -0.355 e. The van der Waals surface area contributed by atoms with Crippen molar-refractivity contribution < 1.29 is 4.79 Å². The zero-order valence-corrected chi connectivity index (χ0v) is 7.95. The zero-order valence-electron chi connectivity index (χ0n) is 7.95. The number of carbonyl (C=O) groups is 1. The van der Waals surface area contributed by atoms with Gasteiger partial charge in [0.05, 0.1) is 0 Å². The Labute approximate surface area is 77.2 Å². The van der Waals surface area contributed by atoms with Gasteiger partial charge < -0.3 is 9.88 Å². The predicted molar refractivity (Wildman–Crippen MR) is 48.1 cm³/mol. The second kappa shape index (κ2) is 4.59. The highest BCUT2D eigenvalue weighted by molar-refractivity contribution is 5.72. The summed E-state index contributed by atoms with van der Waals surface area (Å²) >= 11 is 0. The third kappa shape index (κ3) is 2.85. The Hall–Kier alpha value is -1.39. The normalized spacial score (nSPS) is 10.0. The molecule has 5 nitrogen and oxygen atoms in total. The SMILES string of the molecule is CCc1nncn1CCNC(C)=O. The molecule has 0 unspecified atom stereocenters. The van der Waals surface area contributed by atoms with Crippen molar-refractivity contribution in [3.8, 4) is 0 Å². The zero-order chi connectivity index (χ0) is 9.68. The summed E-state index contributed by atoms with van der Waals surface area (Å²) in [5.74, 6) is 0.941. The molecule has 1 heterocycles. The average Bonchev–Trinajstić information content (AvgIpc) is 2.51. The summed E-state index contributed by atoms with van der Waals surface area (Å²) in [6, 6.07) is 0. The summed E-state index contributed by atoms with van der Waals surface area (Å²) in [7, 11) is 0. The van der Waals surface area contributed by atoms with Crippen LogP contribution >= 0.6 is 0 Å². The van der Waals surface area contributed by atoms with Crippen LogP contribution in [0.15, 0.2) is 6.33 Å². The quantitative estimate of drug-likeness (QED) is 0.711. The highest BCUT2D eigenvalue weighted by Gasteiger charge is 2.00. The lowest BCUT2D eigenvalue weighted by atomic mass is 10.4. The van der Waals surface area contributed by atoms with E-state index in [1.165, 1.54) is 6.92 Å². The Morgan fingerprint density at radius 1 is 1.69 bits per heavy atom. The van der Waals surface area contributed by atoms with Gasteiger partial charge in [-0.25, -0.2) is 0 Å². The minimum absolute atomic E-state index is 0.00822. The van der Waals surface area contributed by atoms with Crippen LogP contribution in [0.3, 0.4) is 0 Å². The number of hydrogen-bond donors (Lipinski definition) is 1. The third-order valence-corrected chi connectivity index (χ3v) is 1.74. The summed E-state index contributed by atoms with van der Waals surface area (Å²) < 4.78 is 1.94. The molecular formula is C8H14N4O. The summed E-state index contributed by atoms with van der Waals surface area (Å²) in [5.41, 5.74) is 0. The molecule has 0 saturated carbocycles. The smallest absolute Gasteiger partial charge is 0.216 e. The molecule has 13 heavy (non-hydrogen) atoms. The molecule has 1 aromatic rings. The van der Waals surface area contributed by atoms with Crippen LogP contribution in [0.5, 0.6) is 0 Å². The molecule has 72 valence electrons. The molecule has 0 aliphatic carbocycles. The fourth-order valence-corrected chi connectivity index (χ4v) is 1.09. The maximum Gasteiger partial charge on any atom is 0.216 e. The van der Waals surface area contributed by atoms with Gasteiger partial charge in [-0.1, -0.05) is 6.92 Å². The van der Waals surface area contributed by atoms with Gasteiger partial charge in [-0.2, -0.15) is 0 Å². The first-order valence-electron chi connectivity index (χ1n) is 4.35. The molecule has 0 bridgehead atoms. The van der Waals surface area contributed by atoms with Gasteiger partial charge in [0.25, 0.3) is 0 Å². The topological polar surface area (TPSA) is 59.8 Å². The molecule has 0 saturated heterocycles. The fourth-order valence-electron chi connectivity index (χ4n) is 1.09. The average molecular weight is 182 g/mol. The van der Waals surface area contributed by atoms with Crippen molar-refractivity contribution in [3.05, 3.63) is 12.2 Å². The Morgan fingerprint density at radius 3 is 3.08 bits per heavy atom. The third-order valence-electron chi connectivity index (χ3n) is 1.74. The monoisotopic (exact) mass is 182 g/mol. The van der Waals surface area contributed by atoms with Crippen LogP contribution < -0.4 is 5.32 Å². The Morgan fingerprint density at radius 2 is 2.46 bits per heavy atom. The Kier molecular flexibility index (Phi) is 3.42. The Bertz CT molecular complexity index is 281. The van der Waals surface area contributed by atoms with E-state index in [1.807, 2.05) is 11.5 Å². The molecule has 1 amide bonds. The van der Waals surface area contributed by atoms with Gasteiger partial charge in [0.15, 0.2) is 0 Å². The van der Waals surface area contributed by atoms with Crippen LogP contribution in [0.4, 0.5) is 0 Å². The molecule has 0 radical (unpaired) electrons. The standard InChI is InChI=1S/C8H14N4O/c1-3-8-11-10-6-12(8)5-4-9-7(2)13/h6H,3-5H2,1-2H3,(H,9,13). The largest absolute Gasteiger partial charge is 0.355 e. The molecule has 0 aliphatic rings. The lowest BCUT2D eigenvalue weighted by molar-refractivity contribution is -0.118. The fraction of sp³-hybridized carbons (Fsp3) is 0.625. The second-order valence-electron chi connectivity index (χ2n) is 2.78. The van der Waals surface area contributed by atoms with Crippen molar-refractivity contribution in [3.63, 3.8) is 0 Å². The first kappa shape index (κ1) is 9.70. The number of aromatic nitrogens is 3. The maximum atomic E-state index is 10.6.